The van der Waals surface area contributed by atoms with Crippen molar-refractivity contribution in [3.05, 3.63) is 58.5 Å². The standard InChI is InChI=1S/C17H17BrN2O3/c18-13-5-3-12(4-6-13)17(7-8-17)16(22)20-10-9-19-15(21)14-2-1-11-23-14/h1-6,11H,7-10H2,(H,19,21)(H,20,22). The summed E-state index contributed by atoms with van der Waals surface area (Å²) in [5, 5.41) is 5.61. The fourth-order valence-corrected chi connectivity index (χ4v) is 2.82. The number of amides is 2. The molecule has 2 N–H and O–H groups in total. The van der Waals surface area contributed by atoms with E-state index >= 15 is 0 Å². The highest BCUT2D eigenvalue weighted by molar-refractivity contribution is 9.10. The minimum absolute atomic E-state index is 0.0204. The highest BCUT2D eigenvalue weighted by Gasteiger charge is 2.50. The van der Waals surface area contributed by atoms with Crippen LogP contribution in [0.25, 0.3) is 0 Å². The summed E-state index contributed by atoms with van der Waals surface area (Å²) in [5.74, 6) is 0.00946. The number of carbonyl (C=O) groups excluding carboxylic acids is 2. The zero-order chi connectivity index (χ0) is 16.3. The van der Waals surface area contributed by atoms with Gasteiger partial charge < -0.3 is 15.1 Å². The Morgan fingerprint density at radius 3 is 2.39 bits per heavy atom. The molecule has 0 saturated heterocycles. The maximum Gasteiger partial charge on any atom is 0.287 e. The normalized spacial score (nSPS) is 15.0. The second-order valence-corrected chi connectivity index (χ2v) is 6.49. The van der Waals surface area contributed by atoms with Crippen molar-refractivity contribution >= 4 is 27.7 Å². The van der Waals surface area contributed by atoms with Gasteiger partial charge in [0.2, 0.25) is 5.91 Å². The lowest BCUT2D eigenvalue weighted by Gasteiger charge is -2.16. The summed E-state index contributed by atoms with van der Waals surface area (Å²) >= 11 is 3.40. The van der Waals surface area contributed by atoms with Gasteiger partial charge in [-0.1, -0.05) is 28.1 Å². The Hall–Kier alpha value is -2.08. The number of hydrogen-bond acceptors (Lipinski definition) is 3. The fraction of sp³-hybridized carbons (Fsp3) is 0.294. The summed E-state index contributed by atoms with van der Waals surface area (Å²) in [6.45, 7) is 0.755. The third kappa shape index (κ3) is 3.47. The van der Waals surface area contributed by atoms with Crippen LogP contribution in [0.5, 0.6) is 0 Å². The van der Waals surface area contributed by atoms with Crippen LogP contribution in [0.3, 0.4) is 0 Å². The molecule has 1 saturated carbocycles. The molecular weight excluding hydrogens is 360 g/mol. The summed E-state index contributed by atoms with van der Waals surface area (Å²) in [7, 11) is 0. The molecule has 23 heavy (non-hydrogen) atoms. The number of hydrogen-bond donors (Lipinski definition) is 2. The molecule has 120 valence electrons. The van der Waals surface area contributed by atoms with E-state index in [1.165, 1.54) is 6.26 Å². The van der Waals surface area contributed by atoms with Gasteiger partial charge in [-0.3, -0.25) is 9.59 Å². The number of carbonyl (C=O) groups is 2. The molecule has 2 amide bonds. The molecule has 1 fully saturated rings. The summed E-state index contributed by atoms with van der Waals surface area (Å²) in [6, 6.07) is 11.1. The molecule has 0 unspecified atom stereocenters. The van der Waals surface area contributed by atoms with Crippen LogP contribution in [-0.2, 0) is 10.2 Å². The van der Waals surface area contributed by atoms with Crippen LogP contribution in [0.4, 0.5) is 0 Å². The highest BCUT2D eigenvalue weighted by atomic mass is 79.9. The predicted molar refractivity (Wildman–Crippen MR) is 89.1 cm³/mol. The molecular formula is C17H17BrN2O3. The van der Waals surface area contributed by atoms with Gasteiger partial charge in [0.15, 0.2) is 5.76 Å². The van der Waals surface area contributed by atoms with Gasteiger partial charge in [0.25, 0.3) is 5.91 Å². The van der Waals surface area contributed by atoms with E-state index < -0.39 is 5.41 Å². The Morgan fingerprint density at radius 1 is 1.09 bits per heavy atom. The van der Waals surface area contributed by atoms with Crippen molar-refractivity contribution in [3.8, 4) is 0 Å². The molecule has 0 aliphatic heterocycles. The van der Waals surface area contributed by atoms with E-state index in [2.05, 4.69) is 26.6 Å². The van der Waals surface area contributed by atoms with Crippen molar-refractivity contribution in [3.63, 3.8) is 0 Å². The van der Waals surface area contributed by atoms with E-state index in [9.17, 15) is 9.59 Å². The average Bonchev–Trinajstić information content (AvgIpc) is 3.18. The van der Waals surface area contributed by atoms with E-state index in [1.54, 1.807) is 12.1 Å². The fourth-order valence-electron chi connectivity index (χ4n) is 2.56. The lowest BCUT2D eigenvalue weighted by Crippen LogP contribution is -2.39. The second-order valence-electron chi connectivity index (χ2n) is 5.58. The van der Waals surface area contributed by atoms with E-state index in [0.29, 0.717) is 13.1 Å². The van der Waals surface area contributed by atoms with Gasteiger partial charge in [-0.15, -0.1) is 0 Å². The monoisotopic (exact) mass is 376 g/mol. The zero-order valence-corrected chi connectivity index (χ0v) is 14.1. The van der Waals surface area contributed by atoms with Crippen LogP contribution in [-0.4, -0.2) is 24.9 Å². The van der Waals surface area contributed by atoms with Crippen molar-refractivity contribution in [2.75, 3.05) is 13.1 Å². The lowest BCUT2D eigenvalue weighted by atomic mass is 9.95. The molecule has 1 aromatic heterocycles. The number of benzene rings is 1. The Kier molecular flexibility index (Phi) is 4.52. The van der Waals surface area contributed by atoms with Gasteiger partial charge in [0, 0.05) is 17.6 Å². The number of nitrogens with one attached hydrogen (secondary N) is 2. The second kappa shape index (κ2) is 6.58. The number of rotatable bonds is 6. The van der Waals surface area contributed by atoms with Gasteiger partial charge in [0.1, 0.15) is 0 Å². The van der Waals surface area contributed by atoms with Crippen LogP contribution < -0.4 is 10.6 Å². The Labute approximate surface area is 142 Å². The molecule has 0 atom stereocenters. The van der Waals surface area contributed by atoms with E-state index in [-0.39, 0.29) is 17.6 Å². The van der Waals surface area contributed by atoms with Crippen LogP contribution >= 0.6 is 15.9 Å². The molecule has 1 aromatic carbocycles. The number of furan rings is 1. The first kappa shape index (κ1) is 15.8. The summed E-state index contributed by atoms with van der Waals surface area (Å²) in [5.41, 5.74) is 0.643. The quantitative estimate of drug-likeness (QED) is 0.761. The molecule has 1 aliphatic carbocycles. The molecule has 1 heterocycles. The van der Waals surface area contributed by atoms with Gasteiger partial charge in [-0.05, 0) is 42.7 Å². The van der Waals surface area contributed by atoms with Crippen LogP contribution in [0, 0.1) is 0 Å². The van der Waals surface area contributed by atoms with Crippen LogP contribution in [0.1, 0.15) is 29.0 Å². The van der Waals surface area contributed by atoms with Crippen molar-refractivity contribution in [2.45, 2.75) is 18.3 Å². The van der Waals surface area contributed by atoms with E-state index in [4.69, 9.17) is 4.42 Å². The average molecular weight is 377 g/mol. The zero-order valence-electron chi connectivity index (χ0n) is 12.5. The molecule has 0 spiro atoms. The molecule has 1 aliphatic rings. The maximum atomic E-state index is 12.4. The van der Waals surface area contributed by atoms with Gasteiger partial charge in [-0.25, -0.2) is 0 Å². The van der Waals surface area contributed by atoms with Crippen LogP contribution in [0.15, 0.2) is 51.6 Å². The Bertz CT molecular complexity index is 691. The third-order valence-corrected chi connectivity index (χ3v) is 4.55. The topological polar surface area (TPSA) is 71.3 Å². The minimum Gasteiger partial charge on any atom is -0.459 e. The summed E-state index contributed by atoms with van der Waals surface area (Å²) in [4.78, 5) is 24.1. The maximum absolute atomic E-state index is 12.4. The van der Waals surface area contributed by atoms with E-state index in [1.807, 2.05) is 24.3 Å². The SMILES string of the molecule is O=C(NCCNC(=O)C1(c2ccc(Br)cc2)CC1)c1ccco1. The summed E-state index contributed by atoms with van der Waals surface area (Å²) < 4.78 is 6.00. The Balaban J connectivity index is 1.48. The molecule has 5 nitrogen and oxygen atoms in total. The molecule has 3 rings (SSSR count). The van der Waals surface area contributed by atoms with Crippen molar-refractivity contribution in [1.82, 2.24) is 10.6 Å². The predicted octanol–water partition coefficient (Wildman–Crippen LogP) is 2.62. The van der Waals surface area contributed by atoms with Gasteiger partial charge in [0.05, 0.1) is 11.7 Å². The van der Waals surface area contributed by atoms with Crippen LogP contribution in [0.2, 0.25) is 0 Å². The largest absolute Gasteiger partial charge is 0.459 e. The van der Waals surface area contributed by atoms with Gasteiger partial charge >= 0.3 is 0 Å². The third-order valence-electron chi connectivity index (χ3n) is 4.02. The first-order valence-electron chi connectivity index (χ1n) is 7.48. The molecule has 0 radical (unpaired) electrons. The van der Waals surface area contributed by atoms with Crippen molar-refractivity contribution in [1.29, 1.82) is 0 Å². The lowest BCUT2D eigenvalue weighted by molar-refractivity contribution is -0.123. The first-order chi connectivity index (χ1) is 11.1. The first-order valence-corrected chi connectivity index (χ1v) is 8.27. The minimum atomic E-state index is -0.397. The Morgan fingerprint density at radius 2 is 1.78 bits per heavy atom. The molecule has 2 aromatic rings. The summed E-state index contributed by atoms with van der Waals surface area (Å²) in [6.07, 6.45) is 3.17. The highest BCUT2D eigenvalue weighted by Crippen LogP contribution is 2.48. The van der Waals surface area contributed by atoms with E-state index in [0.717, 1.165) is 22.9 Å². The van der Waals surface area contributed by atoms with Crippen molar-refractivity contribution < 1.29 is 14.0 Å². The van der Waals surface area contributed by atoms with Crippen molar-refractivity contribution in [2.24, 2.45) is 0 Å². The van der Waals surface area contributed by atoms with Gasteiger partial charge in [-0.2, -0.15) is 0 Å². The number of halogens is 1. The molecule has 6 heteroatoms. The molecule has 0 bridgehead atoms. The smallest absolute Gasteiger partial charge is 0.287 e.